The van der Waals surface area contributed by atoms with Gasteiger partial charge in [0.2, 0.25) is 22.5 Å². The lowest BCUT2D eigenvalue weighted by Gasteiger charge is -2.48. The van der Waals surface area contributed by atoms with Gasteiger partial charge in [0.15, 0.2) is 70.6 Å². The maximum absolute atomic E-state index is 13.1. The second kappa shape index (κ2) is 43.5. The summed E-state index contributed by atoms with van der Waals surface area (Å²) in [4.78, 5) is 165. The van der Waals surface area contributed by atoms with Crippen LogP contribution in [0, 0.1) is 0 Å². The van der Waals surface area contributed by atoms with Crippen LogP contribution in [-0.2, 0) is 115 Å². The molecule has 66 heteroatoms. The topological polar surface area (TPSA) is 823 Å². The molecule has 6 unspecified atom stereocenters. The molecule has 4 aromatic heterocycles. The van der Waals surface area contributed by atoms with Crippen LogP contribution in [-0.4, -0.2) is 276 Å². The first-order valence-corrected chi connectivity index (χ1v) is 57.5. The molecular weight excluding hydrogens is 2100 g/mol. The Balaban J connectivity index is 0.000000219. The minimum atomic E-state index is -5.90. The number of alkyl carbamates (subject to hydrolysis) is 2. The Labute approximate surface area is 829 Å². The van der Waals surface area contributed by atoms with Gasteiger partial charge in [-0.25, -0.2) is 103 Å². The number of carbonyl (C=O) groups excluding carboxylic acids is 4. The fourth-order valence-corrected chi connectivity index (χ4v) is 26.6. The lowest BCUT2D eigenvalue weighted by molar-refractivity contribution is -0.121. The van der Waals surface area contributed by atoms with Gasteiger partial charge in [0.25, 0.3) is 0 Å². The van der Waals surface area contributed by atoms with Crippen molar-refractivity contribution in [2.45, 2.75) is 178 Å². The van der Waals surface area contributed by atoms with Gasteiger partial charge in [-0.1, -0.05) is 0 Å². The Morgan fingerprint density at radius 2 is 0.918 bits per heavy atom. The van der Waals surface area contributed by atoms with E-state index in [-0.39, 0.29) is 84.8 Å². The fraction of sp³-hybridized carbons (Fsp3) is 0.525. The smallest absolute Gasteiger partial charge is 0.490 e. The number of nitrogens with zero attached hydrogens (tertiary/aromatic N) is 14. The number of phosphoric acid groups is 6. The predicted octanol–water partition coefficient (Wildman–Crippen LogP) is 1.67. The van der Waals surface area contributed by atoms with Gasteiger partial charge in [0.05, 0.1) is 58.2 Å². The number of hydrogen-bond acceptors (Lipinski definition) is 42. The normalized spacial score (nSPS) is 22.9. The van der Waals surface area contributed by atoms with Gasteiger partial charge in [-0.2, -0.15) is 17.2 Å². The molecule has 4 amide bonds. The number of imidazole rings is 2. The van der Waals surface area contributed by atoms with Crippen LogP contribution in [0.1, 0.15) is 139 Å². The van der Waals surface area contributed by atoms with Crippen molar-refractivity contribution in [3.05, 3.63) is 118 Å². The zero-order valence-electron chi connectivity index (χ0n) is 78.5. The van der Waals surface area contributed by atoms with E-state index in [0.717, 1.165) is 93.4 Å². The average molecular weight is 2210 g/mol. The van der Waals surface area contributed by atoms with E-state index in [4.69, 9.17) is 74.0 Å². The molecular formula is C80H106N20O38P6S2. The summed E-state index contributed by atoms with van der Waals surface area (Å²) in [5.41, 5.74) is 16.6. The Morgan fingerprint density at radius 1 is 0.514 bits per heavy atom. The zero-order valence-corrected chi connectivity index (χ0v) is 85.5. The van der Waals surface area contributed by atoms with Crippen molar-refractivity contribution in [1.82, 2.24) is 69.5 Å². The largest absolute Gasteiger partial charge is 0.748 e. The van der Waals surface area contributed by atoms with Crippen LogP contribution in [0.15, 0.2) is 83.8 Å². The number of nitrogens with two attached hydrogens (primary N) is 2. The van der Waals surface area contributed by atoms with E-state index in [1.807, 2.05) is 64.1 Å². The molecule has 0 saturated carbocycles. The molecule has 2 saturated heterocycles. The highest BCUT2D eigenvalue weighted by atomic mass is 32.2. The second-order valence-corrected chi connectivity index (χ2v) is 47.9. The number of benzene rings is 4. The number of hydrogen-bond donors (Lipinski definition) is 16. The number of ether oxygens (including phenoxy) is 6. The third kappa shape index (κ3) is 26.7. The molecule has 16 rings (SSSR count). The summed E-state index contributed by atoms with van der Waals surface area (Å²) >= 11 is 0. The Kier molecular flexibility index (Phi) is 32.8. The lowest BCUT2D eigenvalue weighted by Crippen LogP contribution is -2.50. The van der Waals surface area contributed by atoms with Gasteiger partial charge >= 0.3 is 59.1 Å². The number of aliphatic hydroxyl groups is 2. The van der Waals surface area contributed by atoms with Crippen LogP contribution in [0.2, 0.25) is 0 Å². The highest BCUT2D eigenvalue weighted by Gasteiger charge is 2.53. The van der Waals surface area contributed by atoms with E-state index < -0.39 is 176 Å². The summed E-state index contributed by atoms with van der Waals surface area (Å²) in [6.45, 7) is 13.3. The number of nitrogens with one attached hydrogen (secondary N) is 4. The van der Waals surface area contributed by atoms with Gasteiger partial charge in [0, 0.05) is 134 Å². The van der Waals surface area contributed by atoms with Crippen molar-refractivity contribution in [1.29, 1.82) is 0 Å². The van der Waals surface area contributed by atoms with Crippen molar-refractivity contribution in [3.63, 3.8) is 0 Å². The van der Waals surface area contributed by atoms with E-state index in [0.29, 0.717) is 106 Å². The fourth-order valence-electron chi connectivity index (χ4n) is 18.9. The summed E-state index contributed by atoms with van der Waals surface area (Å²) in [5, 5.41) is 36.3. The van der Waals surface area contributed by atoms with Gasteiger partial charge in [-0.15, -0.1) is 0 Å². The number of aliphatic hydroxyl groups excluding tert-OH is 2. The van der Waals surface area contributed by atoms with Crippen LogP contribution >= 0.6 is 46.9 Å². The van der Waals surface area contributed by atoms with Gasteiger partial charge in [-0.05, 0) is 115 Å². The number of rotatable bonds is 38. The van der Waals surface area contributed by atoms with E-state index >= 15 is 0 Å². The Morgan fingerprint density at radius 3 is 1.34 bits per heavy atom. The molecule has 146 heavy (non-hydrogen) atoms. The predicted molar refractivity (Wildman–Crippen MR) is 503 cm³/mol. The highest BCUT2D eigenvalue weighted by molar-refractivity contribution is 7.86. The molecule has 12 heterocycles. The molecule has 2 fully saturated rings. The number of anilines is 4. The van der Waals surface area contributed by atoms with Crippen molar-refractivity contribution >= 4 is 148 Å². The van der Waals surface area contributed by atoms with Crippen LogP contribution in [0.25, 0.3) is 22.3 Å². The second-order valence-electron chi connectivity index (χ2n) is 36.2. The van der Waals surface area contributed by atoms with Crippen LogP contribution in [0.5, 0.6) is 23.0 Å². The monoisotopic (exact) mass is 2200 g/mol. The van der Waals surface area contributed by atoms with Gasteiger partial charge in [-0.3, -0.25) is 27.8 Å². The average Bonchev–Trinajstić information content (AvgIpc) is 0.972. The number of phosphoric ester groups is 2. The zero-order chi connectivity index (χ0) is 106. The number of aromatic nitrogens is 8. The molecule has 0 radical (unpaired) electrons. The molecule has 58 nitrogen and oxygen atoms in total. The van der Waals surface area contributed by atoms with Crippen molar-refractivity contribution in [2.75, 3.05) is 111 Å². The summed E-state index contributed by atoms with van der Waals surface area (Å²) < 4.78 is 210. The van der Waals surface area contributed by atoms with Gasteiger partial charge < -0.3 is 129 Å². The quantitative estimate of drug-likeness (QED) is 0.0113. The molecule has 0 spiro atoms. The summed E-state index contributed by atoms with van der Waals surface area (Å²) in [6.07, 6.45) is -5.96. The van der Waals surface area contributed by atoms with Crippen LogP contribution < -0.4 is 82.6 Å². The molecule has 14 atom stereocenters. The van der Waals surface area contributed by atoms with E-state index in [1.54, 1.807) is 12.1 Å². The summed E-state index contributed by atoms with van der Waals surface area (Å²) in [6, 6.07) is 15.3. The Hall–Kier alpha value is -10.1. The van der Waals surface area contributed by atoms with Crippen LogP contribution in [0.4, 0.5) is 44.0 Å². The Bertz CT molecular complexity index is 7270. The number of amides is 4. The number of carbonyl (C=O) groups is 4. The SMILES string of the molecule is CC[N+]1=c2cc3c(cc2CCC1)=Nc1cc2c(cc1O3)N(CCCC(=O)NCCNC(=O)O[C@@H]1[C@H](O)[C@@H](COP(=O)(O)OP(=O)(O)OP(=O)(O)O)O[C@H]1n1cnc3c(N)ncnc31)C(C)(C)CC2CS(=O)(=O)[O-].CC[N+]1=c2cc3c(cc2CCC1)=Nc1cc2c(cc1O3)N(CCCC(=O)NCCNC(=O)O[C@H]1[C@@H](O)[C@H](n3cnc4c(N)ncnc43)O[C@@H]1COP(=O)(O)OP(=O)(O)OP(=O)(O)O)C(C)(C)CC2CS(=O)(=O)[O-]. The molecule has 18 N–H and O–H groups in total. The number of aryl methyl sites for hydroxylation is 2. The van der Waals surface area contributed by atoms with Gasteiger partial charge in [0.1, 0.15) is 96.4 Å². The van der Waals surface area contributed by atoms with Crippen molar-refractivity contribution < 1.29 is 177 Å². The standard InChI is InChI=1S/2C40H53N10O19P3S/c1-4-48-11-5-7-22-13-25-29(15-27(22)48)65-30-16-28-24(14-26(30)47-25)23(19-73(61,62)63)17-40(2,3)50(28)12-6-8-32(51)42-9-10-43-39(53)67-35-31(18-64-71(57,58)69-72(59,60)68-70(54,55)56)66-38(34(35)52)49-21-46-33-36(41)44-20-45-37(33)49;1-4-48-11-5-7-22-13-25-29(15-27(22)48)65-30-16-28-24(14-26(30)47-25)23(19-73(61,62)63)17-40(2,3)50(28)12-6-8-32(51)42-9-10-43-39(53)67-35-34(52)31(18-64-71(57,58)69-72(59,60)68-70(54,55)56)66-38(35)49-21-46-33-36(41)44-20-45-37(33)49/h2*13-16,20-21,23,31,34-35,38,52H,4-12,17-19H2,1-3H3,(H8-,41,42,43,44,45,51,53,54,55,56,57,58,59,60,61,62,63)/t2*23?,31-,34-,35-,38-/m11/s1. The molecule has 0 bridgehead atoms. The molecule has 8 aromatic rings. The molecule has 4 aromatic carbocycles. The summed E-state index contributed by atoms with van der Waals surface area (Å²) in [5.74, 6) is -1.25. The number of fused-ring (bicyclic) bond motifs is 10. The first-order chi connectivity index (χ1) is 68.4. The molecule has 796 valence electrons. The highest BCUT2D eigenvalue weighted by Crippen LogP contribution is 2.68. The summed E-state index contributed by atoms with van der Waals surface area (Å²) in [7, 11) is -43.8. The third-order valence-electron chi connectivity index (χ3n) is 24.9. The van der Waals surface area contributed by atoms with Crippen molar-refractivity contribution in [3.8, 4) is 23.0 Å². The maximum atomic E-state index is 13.1. The van der Waals surface area contributed by atoms with E-state index in [1.165, 1.54) is 14.7 Å². The minimum Gasteiger partial charge on any atom is -0.748 e. The number of nitrogen functional groups attached to an aromatic ring is 2. The molecule has 8 aliphatic heterocycles. The van der Waals surface area contributed by atoms with Crippen molar-refractivity contribution in [2.24, 2.45) is 9.98 Å². The third-order valence-corrected chi connectivity index (χ3v) is 34.2. The van der Waals surface area contributed by atoms with Crippen LogP contribution in [0.3, 0.4) is 0 Å². The van der Waals surface area contributed by atoms with E-state index in [9.17, 15) is 102 Å². The molecule has 0 aliphatic carbocycles. The minimum absolute atomic E-state index is 0.0255. The molecule has 8 aliphatic rings. The first-order valence-electron chi connectivity index (χ1n) is 45.3. The lowest BCUT2D eigenvalue weighted by atomic mass is 9.79. The first kappa shape index (κ1) is 110. The maximum Gasteiger partial charge on any atom is 0.490 e. The van der Waals surface area contributed by atoms with E-state index in [2.05, 4.69) is 106 Å².